The third kappa shape index (κ3) is 2.02. The highest BCUT2D eigenvalue weighted by Gasteiger charge is 2.07. The van der Waals surface area contributed by atoms with Crippen LogP contribution < -0.4 is 5.73 Å². The fourth-order valence-electron chi connectivity index (χ4n) is 1.34. The van der Waals surface area contributed by atoms with Gasteiger partial charge in [0.1, 0.15) is 5.76 Å². The van der Waals surface area contributed by atoms with Gasteiger partial charge in [0.25, 0.3) is 0 Å². The summed E-state index contributed by atoms with van der Waals surface area (Å²) in [6, 6.07) is 8.02. The maximum absolute atomic E-state index is 6.00. The monoisotopic (exact) mass is 219 g/mol. The second-order valence-electron chi connectivity index (χ2n) is 3.43. The van der Waals surface area contributed by atoms with Crippen LogP contribution in [0.25, 0.3) is 0 Å². The van der Waals surface area contributed by atoms with Gasteiger partial charge < -0.3 is 10.2 Å². The zero-order chi connectivity index (χ0) is 10.8. The van der Waals surface area contributed by atoms with Gasteiger partial charge in [-0.3, -0.25) is 0 Å². The molecule has 0 saturated carbocycles. The van der Waals surface area contributed by atoms with Gasteiger partial charge >= 0.3 is 0 Å². The van der Waals surface area contributed by atoms with Crippen molar-refractivity contribution >= 4 is 17.4 Å². The summed E-state index contributed by atoms with van der Waals surface area (Å²) in [5.74, 6) is 0.931. The number of rotatable bonds is 2. The van der Waals surface area contributed by atoms with E-state index in [-0.39, 0.29) is 0 Å². The van der Waals surface area contributed by atoms with E-state index in [0.29, 0.717) is 0 Å². The molecule has 0 bridgehead atoms. The lowest BCUT2D eigenvalue weighted by molar-refractivity contribution is 0.527. The number of anilines is 1. The minimum Gasteiger partial charge on any atom is -0.468 e. The van der Waals surface area contributed by atoms with E-state index < -0.39 is 0 Å². The minimum absolute atomic E-state index is 0.850. The smallest absolute Gasteiger partial charge is 0.114 e. The summed E-state index contributed by atoms with van der Waals surface area (Å²) in [5, 5.41) is 0. The first-order valence-electron chi connectivity index (χ1n) is 4.75. The number of nitrogen functional groups attached to an aromatic ring is 1. The summed E-state index contributed by atoms with van der Waals surface area (Å²) in [6.45, 7) is 3.97. The number of para-hydroxylation sites is 1. The van der Waals surface area contributed by atoms with E-state index in [1.165, 1.54) is 0 Å². The van der Waals surface area contributed by atoms with Crippen LogP contribution in [0.4, 0.5) is 5.69 Å². The molecule has 1 aromatic heterocycles. The Labute approximate surface area is 93.5 Å². The van der Waals surface area contributed by atoms with Gasteiger partial charge in [-0.15, -0.1) is 0 Å². The minimum atomic E-state index is 0.850. The summed E-state index contributed by atoms with van der Waals surface area (Å²) < 4.78 is 5.25. The topological polar surface area (TPSA) is 39.2 Å². The molecule has 2 aromatic rings. The fourth-order valence-corrected chi connectivity index (χ4v) is 2.31. The van der Waals surface area contributed by atoms with Gasteiger partial charge in [-0.25, -0.2) is 0 Å². The van der Waals surface area contributed by atoms with Crippen LogP contribution in [-0.4, -0.2) is 0 Å². The van der Waals surface area contributed by atoms with Crippen molar-refractivity contribution in [1.82, 2.24) is 0 Å². The lowest BCUT2D eigenvalue weighted by Crippen LogP contribution is -1.91. The van der Waals surface area contributed by atoms with E-state index in [0.717, 1.165) is 26.8 Å². The van der Waals surface area contributed by atoms with Crippen LogP contribution in [0.3, 0.4) is 0 Å². The third-order valence-electron chi connectivity index (χ3n) is 2.32. The normalized spacial score (nSPS) is 10.5. The molecule has 2 nitrogen and oxygen atoms in total. The van der Waals surface area contributed by atoms with Gasteiger partial charge in [-0.05, 0) is 31.5 Å². The Hall–Kier alpha value is -1.35. The molecule has 2 N–H and O–H groups in total. The van der Waals surface area contributed by atoms with Gasteiger partial charge in [0.15, 0.2) is 0 Å². The molecule has 0 aliphatic carbocycles. The Balaban J connectivity index is 2.33. The molecule has 3 heteroatoms. The highest BCUT2D eigenvalue weighted by Crippen LogP contribution is 2.35. The largest absolute Gasteiger partial charge is 0.468 e. The average Bonchev–Trinajstić information content (AvgIpc) is 2.60. The predicted octanol–water partition coefficient (Wildman–Crippen LogP) is 3.63. The molecule has 0 amide bonds. The van der Waals surface area contributed by atoms with Crippen molar-refractivity contribution in [3.05, 3.63) is 41.9 Å². The van der Waals surface area contributed by atoms with Gasteiger partial charge in [-0.2, -0.15) is 0 Å². The lowest BCUT2D eigenvalue weighted by Gasteiger charge is -2.06. The van der Waals surface area contributed by atoms with Gasteiger partial charge in [0.05, 0.1) is 11.2 Å². The number of nitrogens with two attached hydrogens (primary N) is 1. The summed E-state index contributed by atoms with van der Waals surface area (Å²) in [5.41, 5.74) is 7.96. The maximum atomic E-state index is 6.00. The molecule has 0 atom stereocenters. The maximum Gasteiger partial charge on any atom is 0.114 e. The van der Waals surface area contributed by atoms with Crippen LogP contribution in [-0.2, 0) is 0 Å². The average molecular weight is 219 g/mol. The van der Waals surface area contributed by atoms with E-state index in [2.05, 4.69) is 0 Å². The summed E-state index contributed by atoms with van der Waals surface area (Å²) in [4.78, 5) is 2.20. The third-order valence-corrected chi connectivity index (χ3v) is 3.53. The number of hydrogen-bond donors (Lipinski definition) is 1. The SMILES string of the molecule is Cc1cccc(Sc2ccoc2C)c1N. The number of hydrogen-bond acceptors (Lipinski definition) is 3. The van der Waals surface area contributed by atoms with E-state index in [4.69, 9.17) is 10.2 Å². The Morgan fingerprint density at radius 2 is 1.93 bits per heavy atom. The number of benzene rings is 1. The molecule has 1 aromatic carbocycles. The first kappa shape index (κ1) is 10.2. The second-order valence-corrected chi connectivity index (χ2v) is 4.51. The lowest BCUT2D eigenvalue weighted by atomic mass is 10.2. The van der Waals surface area contributed by atoms with Crippen molar-refractivity contribution in [1.29, 1.82) is 0 Å². The first-order valence-corrected chi connectivity index (χ1v) is 5.57. The Kier molecular flexibility index (Phi) is 2.73. The molecule has 15 heavy (non-hydrogen) atoms. The van der Waals surface area contributed by atoms with Crippen molar-refractivity contribution in [2.24, 2.45) is 0 Å². The van der Waals surface area contributed by atoms with E-state index in [9.17, 15) is 0 Å². The van der Waals surface area contributed by atoms with Gasteiger partial charge in [-0.1, -0.05) is 23.9 Å². The molecule has 0 radical (unpaired) electrons. The first-order chi connectivity index (χ1) is 7.18. The highest BCUT2D eigenvalue weighted by atomic mass is 32.2. The molecular formula is C12H13NOS. The van der Waals surface area contributed by atoms with Crippen LogP contribution in [0.2, 0.25) is 0 Å². The molecular weight excluding hydrogens is 206 g/mol. The van der Waals surface area contributed by atoms with Crippen LogP contribution >= 0.6 is 11.8 Å². The second kappa shape index (κ2) is 4.03. The van der Waals surface area contributed by atoms with Crippen molar-refractivity contribution in [2.45, 2.75) is 23.6 Å². The Morgan fingerprint density at radius 3 is 2.60 bits per heavy atom. The van der Waals surface area contributed by atoms with E-state index >= 15 is 0 Å². The van der Waals surface area contributed by atoms with Crippen molar-refractivity contribution < 1.29 is 4.42 Å². The van der Waals surface area contributed by atoms with E-state index in [1.807, 2.05) is 38.1 Å². The van der Waals surface area contributed by atoms with Gasteiger partial charge in [0.2, 0.25) is 0 Å². The molecule has 0 unspecified atom stereocenters. The summed E-state index contributed by atoms with van der Waals surface area (Å²) in [6.07, 6.45) is 1.70. The molecule has 0 fully saturated rings. The molecule has 2 rings (SSSR count). The molecule has 0 aliphatic heterocycles. The number of aryl methyl sites for hydroxylation is 2. The standard InChI is InChI=1S/C12H13NOS/c1-8-4-3-5-11(12(8)13)15-10-6-7-14-9(10)2/h3-7H,13H2,1-2H3. The number of furan rings is 1. The molecule has 0 spiro atoms. The van der Waals surface area contributed by atoms with Crippen LogP contribution in [0.15, 0.2) is 44.7 Å². The van der Waals surface area contributed by atoms with Crippen molar-refractivity contribution in [2.75, 3.05) is 5.73 Å². The Bertz CT molecular complexity index is 476. The molecule has 78 valence electrons. The zero-order valence-corrected chi connectivity index (χ0v) is 9.60. The highest BCUT2D eigenvalue weighted by molar-refractivity contribution is 7.99. The molecule has 1 heterocycles. The van der Waals surface area contributed by atoms with Crippen molar-refractivity contribution in [3.8, 4) is 0 Å². The summed E-state index contributed by atoms with van der Waals surface area (Å²) >= 11 is 1.64. The fraction of sp³-hybridized carbons (Fsp3) is 0.167. The predicted molar refractivity (Wildman–Crippen MR) is 63.2 cm³/mol. The summed E-state index contributed by atoms with van der Waals surface area (Å²) in [7, 11) is 0. The Morgan fingerprint density at radius 1 is 1.13 bits per heavy atom. The van der Waals surface area contributed by atoms with Gasteiger partial charge in [0, 0.05) is 10.6 Å². The van der Waals surface area contributed by atoms with E-state index in [1.54, 1.807) is 18.0 Å². The molecule has 0 aliphatic rings. The van der Waals surface area contributed by atoms with Crippen LogP contribution in [0.5, 0.6) is 0 Å². The van der Waals surface area contributed by atoms with Crippen LogP contribution in [0.1, 0.15) is 11.3 Å². The van der Waals surface area contributed by atoms with Crippen LogP contribution in [0, 0.1) is 13.8 Å². The molecule has 0 saturated heterocycles. The van der Waals surface area contributed by atoms with Crippen molar-refractivity contribution in [3.63, 3.8) is 0 Å². The zero-order valence-electron chi connectivity index (χ0n) is 8.78. The quantitative estimate of drug-likeness (QED) is 0.784.